The molecule has 3 atom stereocenters. The Morgan fingerprint density at radius 1 is 1.26 bits per heavy atom. The highest BCUT2D eigenvalue weighted by atomic mass is 28.4. The molecule has 2 rings (SSSR count). The summed E-state index contributed by atoms with van der Waals surface area (Å²) in [5.74, 6) is -0.499. The molecule has 1 saturated heterocycles. The topological polar surface area (TPSA) is 35.5 Å². The predicted molar refractivity (Wildman–Crippen MR) is 95.9 cm³/mol. The lowest BCUT2D eigenvalue weighted by Gasteiger charge is -2.37. The second-order valence-electron chi connectivity index (χ2n) is 7.75. The van der Waals surface area contributed by atoms with E-state index in [1.807, 2.05) is 36.4 Å². The van der Waals surface area contributed by atoms with E-state index in [0.29, 0.717) is 6.61 Å². The molecule has 0 bridgehead atoms. The average Bonchev–Trinajstić information content (AvgIpc) is 2.80. The zero-order chi connectivity index (χ0) is 17.3. The zero-order valence-electron chi connectivity index (χ0n) is 14.8. The van der Waals surface area contributed by atoms with Gasteiger partial charge in [0.1, 0.15) is 6.10 Å². The molecular formula is C19H28O3Si. The van der Waals surface area contributed by atoms with Gasteiger partial charge < -0.3 is 9.16 Å². The molecule has 0 aromatic heterocycles. The summed E-state index contributed by atoms with van der Waals surface area (Å²) >= 11 is 0. The summed E-state index contributed by atoms with van der Waals surface area (Å²) in [5, 5.41) is 0.137. The van der Waals surface area contributed by atoms with Gasteiger partial charge in [-0.2, -0.15) is 0 Å². The molecule has 1 aromatic carbocycles. The van der Waals surface area contributed by atoms with Crippen molar-refractivity contribution in [2.45, 2.75) is 50.9 Å². The maximum absolute atomic E-state index is 12.4. The Bertz CT molecular complexity index is 560. The van der Waals surface area contributed by atoms with Crippen molar-refractivity contribution in [2.75, 3.05) is 6.61 Å². The molecule has 1 heterocycles. The number of rotatable bonds is 5. The lowest BCUT2D eigenvalue weighted by atomic mass is 9.85. The number of esters is 1. The number of carbonyl (C=O) groups excluding carboxylic acids is 1. The van der Waals surface area contributed by atoms with Crippen LogP contribution in [0.2, 0.25) is 18.1 Å². The summed E-state index contributed by atoms with van der Waals surface area (Å²) in [6, 6.07) is 9.79. The van der Waals surface area contributed by atoms with Crippen molar-refractivity contribution in [1.29, 1.82) is 0 Å². The fraction of sp³-hybridized carbons (Fsp3) is 0.526. The van der Waals surface area contributed by atoms with Crippen LogP contribution in [0.15, 0.2) is 43.0 Å². The standard InChI is InChI=1S/C19H28O3Si/c1-7-15-16(13-21-23(5,6)19(2,3)4)22-18(20)17(15)14-11-9-8-10-12-14/h7-12,15-17H,1,13H2,2-6H3/t15-,16+,17+/m0/s1. The molecule has 0 spiro atoms. The van der Waals surface area contributed by atoms with Crippen molar-refractivity contribution in [1.82, 2.24) is 0 Å². The normalized spacial score (nSPS) is 25.3. The molecule has 1 aromatic rings. The van der Waals surface area contributed by atoms with Crippen LogP contribution in [0, 0.1) is 5.92 Å². The van der Waals surface area contributed by atoms with Crippen LogP contribution in [0.3, 0.4) is 0 Å². The smallest absolute Gasteiger partial charge is 0.314 e. The van der Waals surface area contributed by atoms with Gasteiger partial charge in [0.05, 0.1) is 12.5 Å². The van der Waals surface area contributed by atoms with Crippen LogP contribution in [0.25, 0.3) is 0 Å². The maximum Gasteiger partial charge on any atom is 0.314 e. The van der Waals surface area contributed by atoms with E-state index >= 15 is 0 Å². The first-order valence-corrected chi connectivity index (χ1v) is 11.1. The van der Waals surface area contributed by atoms with Crippen molar-refractivity contribution in [3.63, 3.8) is 0 Å². The Morgan fingerprint density at radius 2 is 1.87 bits per heavy atom. The van der Waals surface area contributed by atoms with Crippen molar-refractivity contribution in [3.05, 3.63) is 48.6 Å². The summed E-state index contributed by atoms with van der Waals surface area (Å²) < 4.78 is 11.9. The highest BCUT2D eigenvalue weighted by Gasteiger charge is 2.45. The van der Waals surface area contributed by atoms with Gasteiger partial charge in [-0.05, 0) is 23.7 Å². The minimum atomic E-state index is -1.86. The van der Waals surface area contributed by atoms with E-state index in [-0.39, 0.29) is 28.9 Å². The number of ether oxygens (including phenoxy) is 1. The first-order valence-electron chi connectivity index (χ1n) is 8.19. The third-order valence-corrected chi connectivity index (χ3v) is 9.68. The molecule has 4 heteroatoms. The highest BCUT2D eigenvalue weighted by molar-refractivity contribution is 6.74. The second kappa shape index (κ2) is 6.61. The van der Waals surface area contributed by atoms with Gasteiger partial charge in [0.25, 0.3) is 0 Å². The number of cyclic esters (lactones) is 1. The van der Waals surface area contributed by atoms with E-state index in [2.05, 4.69) is 40.4 Å². The summed E-state index contributed by atoms with van der Waals surface area (Å²) in [5.41, 5.74) is 0.984. The Kier molecular flexibility index (Phi) is 5.16. The Hall–Kier alpha value is -1.39. The van der Waals surface area contributed by atoms with Crippen LogP contribution < -0.4 is 0 Å². The van der Waals surface area contributed by atoms with E-state index in [9.17, 15) is 4.79 Å². The van der Waals surface area contributed by atoms with E-state index in [0.717, 1.165) is 5.56 Å². The summed E-state index contributed by atoms with van der Waals surface area (Å²) in [4.78, 5) is 12.4. The Balaban J connectivity index is 2.13. The van der Waals surface area contributed by atoms with Crippen molar-refractivity contribution in [3.8, 4) is 0 Å². The molecule has 0 amide bonds. The van der Waals surface area contributed by atoms with E-state index < -0.39 is 8.32 Å². The van der Waals surface area contributed by atoms with E-state index in [1.54, 1.807) is 0 Å². The van der Waals surface area contributed by atoms with Crippen LogP contribution in [0.1, 0.15) is 32.3 Å². The average molecular weight is 333 g/mol. The molecule has 0 N–H and O–H groups in total. The molecule has 1 aliphatic heterocycles. The number of benzene rings is 1. The molecule has 1 fully saturated rings. The maximum atomic E-state index is 12.4. The summed E-state index contributed by atoms with van der Waals surface area (Å²) in [6.45, 7) is 15.4. The third-order valence-electron chi connectivity index (χ3n) is 5.18. The van der Waals surface area contributed by atoms with Crippen LogP contribution >= 0.6 is 0 Å². The van der Waals surface area contributed by atoms with E-state index in [4.69, 9.17) is 9.16 Å². The van der Waals surface area contributed by atoms with E-state index in [1.165, 1.54) is 0 Å². The van der Waals surface area contributed by atoms with Crippen molar-refractivity contribution < 1.29 is 14.0 Å². The SMILES string of the molecule is C=C[C@@H]1[C@@H](c2ccccc2)C(=O)O[C@@H]1CO[Si](C)(C)C(C)(C)C. The fourth-order valence-electron chi connectivity index (χ4n) is 2.63. The molecule has 0 aliphatic carbocycles. The summed E-state index contributed by atoms with van der Waals surface area (Å²) in [6.07, 6.45) is 1.58. The van der Waals surface area contributed by atoms with Crippen molar-refractivity contribution in [2.24, 2.45) is 5.92 Å². The van der Waals surface area contributed by atoms with Gasteiger partial charge in [-0.1, -0.05) is 57.2 Å². The number of hydrogen-bond acceptors (Lipinski definition) is 3. The first kappa shape index (κ1) is 18.0. The molecule has 0 saturated carbocycles. The largest absolute Gasteiger partial charge is 0.459 e. The van der Waals surface area contributed by atoms with Crippen molar-refractivity contribution >= 4 is 14.3 Å². The molecule has 1 aliphatic rings. The molecule has 0 unspecified atom stereocenters. The van der Waals surface area contributed by atoms with Crippen LogP contribution in [0.5, 0.6) is 0 Å². The van der Waals surface area contributed by atoms with Gasteiger partial charge in [-0.25, -0.2) is 0 Å². The molecule has 0 radical (unpaired) electrons. The van der Waals surface area contributed by atoms with Gasteiger partial charge in [0.2, 0.25) is 0 Å². The minimum absolute atomic E-state index is 0.0466. The van der Waals surface area contributed by atoms with Gasteiger partial charge in [-0.15, -0.1) is 6.58 Å². The first-order chi connectivity index (χ1) is 10.7. The van der Waals surface area contributed by atoms with Crippen LogP contribution in [-0.4, -0.2) is 27.0 Å². The molecule has 3 nitrogen and oxygen atoms in total. The number of hydrogen-bond donors (Lipinski definition) is 0. The van der Waals surface area contributed by atoms with Crippen LogP contribution in [0.4, 0.5) is 0 Å². The monoisotopic (exact) mass is 332 g/mol. The minimum Gasteiger partial charge on any atom is -0.459 e. The Morgan fingerprint density at radius 3 is 2.39 bits per heavy atom. The second-order valence-corrected chi connectivity index (χ2v) is 12.6. The summed E-state index contributed by atoms with van der Waals surface area (Å²) in [7, 11) is -1.86. The molecule has 23 heavy (non-hydrogen) atoms. The lowest BCUT2D eigenvalue weighted by Crippen LogP contribution is -2.43. The van der Waals surface area contributed by atoms with Crippen LogP contribution in [-0.2, 0) is 14.0 Å². The molecular weight excluding hydrogens is 304 g/mol. The zero-order valence-corrected chi connectivity index (χ0v) is 15.8. The van der Waals surface area contributed by atoms with Gasteiger partial charge in [0, 0.05) is 5.92 Å². The predicted octanol–water partition coefficient (Wildman–Crippen LogP) is 4.52. The molecule has 126 valence electrons. The Labute approximate surface area is 140 Å². The quantitative estimate of drug-likeness (QED) is 0.452. The highest BCUT2D eigenvalue weighted by Crippen LogP contribution is 2.40. The van der Waals surface area contributed by atoms with Gasteiger partial charge in [-0.3, -0.25) is 4.79 Å². The van der Waals surface area contributed by atoms with Gasteiger partial charge in [0.15, 0.2) is 8.32 Å². The number of carbonyl (C=O) groups is 1. The van der Waals surface area contributed by atoms with Gasteiger partial charge >= 0.3 is 5.97 Å². The lowest BCUT2D eigenvalue weighted by molar-refractivity contribution is -0.143. The third kappa shape index (κ3) is 3.75. The fourth-order valence-corrected chi connectivity index (χ4v) is 3.65.